The van der Waals surface area contributed by atoms with E-state index in [2.05, 4.69) is 48.3 Å². The van der Waals surface area contributed by atoms with E-state index in [1.54, 1.807) is 0 Å². The maximum atomic E-state index is 4.58. The Labute approximate surface area is 145 Å². The Hall–Kier alpha value is 0.448. The van der Waals surface area contributed by atoms with Crippen LogP contribution in [0.25, 0.3) is 21.8 Å². The van der Waals surface area contributed by atoms with Gasteiger partial charge in [0, 0.05) is 65.4 Å². The quantitative estimate of drug-likeness (QED) is 0.602. The minimum Gasteiger partial charge on any atom is -0.657 e. The standard InChI is InChI=1S/C13H10N.2Y/c1-9-6-7-11-10-4-2-3-5-12(10)14-13(11)8-9;;/h2-8H,1H3;;/q-1;;. The van der Waals surface area contributed by atoms with E-state index in [-0.39, 0.29) is 65.4 Å². The molecule has 1 aromatic heterocycles. The van der Waals surface area contributed by atoms with Gasteiger partial charge < -0.3 is 4.98 Å². The molecule has 0 unspecified atom stereocenters. The van der Waals surface area contributed by atoms with Gasteiger partial charge in [0.1, 0.15) is 0 Å². The Bertz CT molecular complexity index is 613. The van der Waals surface area contributed by atoms with E-state index in [1.807, 2.05) is 6.07 Å². The summed E-state index contributed by atoms with van der Waals surface area (Å²) in [4.78, 5) is 4.58. The molecule has 0 aliphatic carbocycles. The largest absolute Gasteiger partial charge is 0.657 e. The molecule has 1 heterocycles. The van der Waals surface area contributed by atoms with E-state index in [1.165, 1.54) is 16.3 Å². The van der Waals surface area contributed by atoms with Crippen LogP contribution in [0.5, 0.6) is 0 Å². The Morgan fingerprint density at radius 3 is 2.31 bits per heavy atom. The molecule has 0 aliphatic heterocycles. The maximum absolute atomic E-state index is 4.58. The number of fused-ring (bicyclic) bond motifs is 3. The maximum Gasteiger partial charge on any atom is 0 e. The number of nitrogens with zero attached hydrogens (tertiary/aromatic N) is 1. The van der Waals surface area contributed by atoms with Crippen molar-refractivity contribution in [2.24, 2.45) is 0 Å². The van der Waals surface area contributed by atoms with Gasteiger partial charge in [0.25, 0.3) is 0 Å². The summed E-state index contributed by atoms with van der Waals surface area (Å²) in [6, 6.07) is 14.7. The normalized spacial score (nSPS) is 9.81. The van der Waals surface area contributed by atoms with Crippen LogP contribution in [0.4, 0.5) is 0 Å². The molecule has 0 saturated carbocycles. The van der Waals surface area contributed by atoms with Crippen LogP contribution in [-0.4, -0.2) is 0 Å². The average Bonchev–Trinajstić information content (AvgIpc) is 2.54. The fourth-order valence-electron chi connectivity index (χ4n) is 1.89. The van der Waals surface area contributed by atoms with E-state index in [0.717, 1.165) is 11.0 Å². The van der Waals surface area contributed by atoms with E-state index in [9.17, 15) is 0 Å². The number of aromatic nitrogens is 1. The molecule has 0 bridgehead atoms. The zero-order valence-electron chi connectivity index (χ0n) is 9.14. The van der Waals surface area contributed by atoms with Gasteiger partial charge in [-0.3, -0.25) is 0 Å². The van der Waals surface area contributed by atoms with Crippen LogP contribution in [0, 0.1) is 6.92 Å². The number of benzene rings is 2. The summed E-state index contributed by atoms with van der Waals surface area (Å²) in [5.74, 6) is 0. The van der Waals surface area contributed by atoms with Gasteiger partial charge in [0.2, 0.25) is 0 Å². The fraction of sp³-hybridized carbons (Fsp3) is 0.0769. The minimum absolute atomic E-state index is 0. The molecule has 3 rings (SSSR count). The summed E-state index contributed by atoms with van der Waals surface area (Å²) in [7, 11) is 0. The first-order valence-corrected chi connectivity index (χ1v) is 4.76. The molecule has 1 nitrogen and oxygen atoms in total. The molecule has 0 spiro atoms. The summed E-state index contributed by atoms with van der Waals surface area (Å²) in [6.07, 6.45) is 0. The Morgan fingerprint density at radius 2 is 1.50 bits per heavy atom. The predicted molar refractivity (Wildman–Crippen MR) is 59.5 cm³/mol. The van der Waals surface area contributed by atoms with Gasteiger partial charge in [0.15, 0.2) is 0 Å². The van der Waals surface area contributed by atoms with Crippen molar-refractivity contribution in [3.05, 3.63) is 48.0 Å². The van der Waals surface area contributed by atoms with E-state index >= 15 is 0 Å². The van der Waals surface area contributed by atoms with Crippen LogP contribution >= 0.6 is 0 Å². The first-order chi connectivity index (χ1) is 6.84. The molecular weight excluding hydrogens is 348 g/mol. The van der Waals surface area contributed by atoms with Crippen LogP contribution in [0.3, 0.4) is 0 Å². The van der Waals surface area contributed by atoms with Crippen LogP contribution in [-0.2, 0) is 65.4 Å². The van der Waals surface area contributed by atoms with Crippen LogP contribution in [0.2, 0.25) is 0 Å². The van der Waals surface area contributed by atoms with Gasteiger partial charge in [-0.2, -0.15) is 0 Å². The summed E-state index contributed by atoms with van der Waals surface area (Å²) in [5.41, 5.74) is 3.46. The van der Waals surface area contributed by atoms with E-state index < -0.39 is 0 Å². The molecule has 0 N–H and O–H groups in total. The van der Waals surface area contributed by atoms with Gasteiger partial charge in [-0.1, -0.05) is 48.0 Å². The van der Waals surface area contributed by atoms with Crippen molar-refractivity contribution < 1.29 is 65.4 Å². The number of rotatable bonds is 0. The molecule has 74 valence electrons. The second kappa shape index (κ2) is 5.86. The zero-order chi connectivity index (χ0) is 9.54. The van der Waals surface area contributed by atoms with Crippen molar-refractivity contribution in [1.82, 2.24) is 4.98 Å². The van der Waals surface area contributed by atoms with E-state index in [4.69, 9.17) is 0 Å². The van der Waals surface area contributed by atoms with Crippen molar-refractivity contribution in [3.63, 3.8) is 0 Å². The van der Waals surface area contributed by atoms with Crippen LogP contribution in [0.15, 0.2) is 42.5 Å². The molecule has 2 radical (unpaired) electrons. The van der Waals surface area contributed by atoms with E-state index in [0.29, 0.717) is 0 Å². The Balaban J connectivity index is 0.000000640. The molecule has 3 heteroatoms. The number of hydrogen-bond acceptors (Lipinski definition) is 0. The summed E-state index contributed by atoms with van der Waals surface area (Å²) >= 11 is 0. The summed E-state index contributed by atoms with van der Waals surface area (Å²) < 4.78 is 0. The van der Waals surface area contributed by atoms with Gasteiger partial charge in [-0.15, -0.1) is 11.0 Å². The molecule has 0 saturated heterocycles. The first kappa shape index (κ1) is 14.5. The SMILES string of the molecule is Cc1ccc2c(c1)[n-]c1ccccc12.[Y].[Y]. The molecule has 0 fully saturated rings. The second-order valence-electron chi connectivity index (χ2n) is 3.65. The number of aryl methyl sites for hydroxylation is 1. The molecule has 0 amide bonds. The molecule has 0 aliphatic rings. The molecule has 0 atom stereocenters. The van der Waals surface area contributed by atoms with Gasteiger partial charge in [-0.25, -0.2) is 0 Å². The smallest absolute Gasteiger partial charge is 0 e. The van der Waals surface area contributed by atoms with Gasteiger partial charge in [-0.05, 0) is 17.7 Å². The third kappa shape index (κ3) is 2.48. The van der Waals surface area contributed by atoms with Crippen molar-refractivity contribution >= 4 is 21.8 Å². The van der Waals surface area contributed by atoms with Crippen molar-refractivity contribution in [2.45, 2.75) is 6.92 Å². The monoisotopic (exact) mass is 358 g/mol. The predicted octanol–water partition coefficient (Wildman–Crippen LogP) is 3.25. The first-order valence-electron chi connectivity index (χ1n) is 4.76. The third-order valence-electron chi connectivity index (χ3n) is 2.59. The molecule has 3 aromatic rings. The summed E-state index contributed by atoms with van der Waals surface area (Å²) in [5, 5.41) is 2.51. The van der Waals surface area contributed by atoms with Gasteiger partial charge >= 0.3 is 0 Å². The van der Waals surface area contributed by atoms with Crippen LogP contribution < -0.4 is 4.98 Å². The minimum atomic E-state index is 0. The summed E-state index contributed by atoms with van der Waals surface area (Å²) in [6.45, 7) is 2.10. The van der Waals surface area contributed by atoms with Gasteiger partial charge in [0.05, 0.1) is 0 Å². The van der Waals surface area contributed by atoms with Crippen molar-refractivity contribution in [2.75, 3.05) is 0 Å². The van der Waals surface area contributed by atoms with Crippen molar-refractivity contribution in [3.8, 4) is 0 Å². The Kier molecular flexibility index (Phi) is 5.32. The second-order valence-corrected chi connectivity index (χ2v) is 3.65. The topological polar surface area (TPSA) is 14.1 Å². The molecular formula is C13H10NY2-. The zero-order valence-corrected chi connectivity index (χ0v) is 14.8. The van der Waals surface area contributed by atoms with Crippen LogP contribution in [0.1, 0.15) is 5.56 Å². The third-order valence-corrected chi connectivity index (χ3v) is 2.59. The molecule has 16 heavy (non-hydrogen) atoms. The van der Waals surface area contributed by atoms with Crippen molar-refractivity contribution in [1.29, 1.82) is 0 Å². The number of hydrogen-bond donors (Lipinski definition) is 0. The number of para-hydroxylation sites is 1. The Morgan fingerprint density at radius 1 is 0.812 bits per heavy atom. The average molecular weight is 358 g/mol. The fourth-order valence-corrected chi connectivity index (χ4v) is 1.89. The molecule has 2 aromatic carbocycles.